The van der Waals surface area contributed by atoms with Crippen LogP contribution in [0.3, 0.4) is 0 Å². The van der Waals surface area contributed by atoms with Gasteiger partial charge in [-0.15, -0.1) is 0 Å². The maximum Gasteiger partial charge on any atom is 0.192 e. The van der Waals surface area contributed by atoms with Gasteiger partial charge < -0.3 is 9.73 Å². The van der Waals surface area contributed by atoms with Crippen LogP contribution >= 0.6 is 15.9 Å². The molecule has 0 aliphatic heterocycles. The molecule has 0 radical (unpaired) electrons. The van der Waals surface area contributed by atoms with Crippen LogP contribution in [0, 0.1) is 13.8 Å². The van der Waals surface area contributed by atoms with E-state index < -0.39 is 0 Å². The topological polar surface area (TPSA) is 51.0 Å². The van der Waals surface area contributed by atoms with Crippen molar-refractivity contribution < 1.29 is 4.42 Å². The van der Waals surface area contributed by atoms with Crippen molar-refractivity contribution in [1.82, 2.24) is 9.97 Å². The van der Waals surface area contributed by atoms with Gasteiger partial charge in [0.25, 0.3) is 0 Å². The highest BCUT2D eigenvalue weighted by molar-refractivity contribution is 9.10. The van der Waals surface area contributed by atoms with Crippen LogP contribution in [-0.2, 0) is 6.54 Å². The summed E-state index contributed by atoms with van der Waals surface area (Å²) in [4.78, 5) is 8.62. The predicted molar refractivity (Wildman–Crippen MR) is 82.7 cm³/mol. The Hall–Kier alpha value is -1.88. The molecular formula is C15H14BrN3O. The number of hydrogen-bond acceptors (Lipinski definition) is 4. The molecule has 5 heteroatoms. The van der Waals surface area contributed by atoms with E-state index in [2.05, 4.69) is 31.2 Å². The van der Waals surface area contributed by atoms with E-state index in [9.17, 15) is 0 Å². The zero-order valence-electron chi connectivity index (χ0n) is 11.3. The fourth-order valence-electron chi connectivity index (χ4n) is 2.02. The number of aromatic nitrogens is 2. The normalized spacial score (nSPS) is 10.9. The van der Waals surface area contributed by atoms with Crippen molar-refractivity contribution in [3.8, 4) is 0 Å². The van der Waals surface area contributed by atoms with E-state index in [0.29, 0.717) is 12.4 Å². The summed E-state index contributed by atoms with van der Waals surface area (Å²) in [6.07, 6.45) is 1.81. The van der Waals surface area contributed by atoms with Crippen molar-refractivity contribution in [3.63, 3.8) is 0 Å². The molecule has 0 aliphatic rings. The van der Waals surface area contributed by atoms with Crippen LogP contribution in [0.2, 0.25) is 0 Å². The second-order valence-electron chi connectivity index (χ2n) is 4.71. The van der Waals surface area contributed by atoms with Gasteiger partial charge in [-0.3, -0.25) is 0 Å². The third kappa shape index (κ3) is 2.67. The summed E-state index contributed by atoms with van der Waals surface area (Å²) in [6.45, 7) is 4.59. The van der Waals surface area contributed by atoms with E-state index in [0.717, 1.165) is 32.5 Å². The Labute approximate surface area is 125 Å². The molecule has 0 amide bonds. The molecule has 1 N–H and O–H groups in total. The molecule has 0 saturated heterocycles. The van der Waals surface area contributed by atoms with Gasteiger partial charge in [-0.05, 0) is 52.2 Å². The van der Waals surface area contributed by atoms with Crippen LogP contribution in [0.1, 0.15) is 17.0 Å². The average Bonchev–Trinajstić information content (AvgIpc) is 2.79. The summed E-state index contributed by atoms with van der Waals surface area (Å²) in [5.74, 6) is 1.55. The maximum absolute atomic E-state index is 5.53. The van der Waals surface area contributed by atoms with Crippen molar-refractivity contribution in [2.45, 2.75) is 20.4 Å². The predicted octanol–water partition coefficient (Wildman–Crippen LogP) is 4.21. The number of oxazole rings is 1. The Morgan fingerprint density at radius 1 is 1.25 bits per heavy atom. The van der Waals surface area contributed by atoms with E-state index in [1.165, 1.54) is 0 Å². The fraction of sp³-hybridized carbons (Fsp3) is 0.200. The van der Waals surface area contributed by atoms with Crippen LogP contribution < -0.4 is 5.32 Å². The Morgan fingerprint density at radius 2 is 2.10 bits per heavy atom. The van der Waals surface area contributed by atoms with Crippen molar-refractivity contribution in [2.24, 2.45) is 0 Å². The highest BCUT2D eigenvalue weighted by atomic mass is 79.9. The van der Waals surface area contributed by atoms with Gasteiger partial charge in [0.1, 0.15) is 11.3 Å². The summed E-state index contributed by atoms with van der Waals surface area (Å²) in [5.41, 5.74) is 4.01. The summed E-state index contributed by atoms with van der Waals surface area (Å²) in [7, 11) is 0. The highest BCUT2D eigenvalue weighted by Gasteiger charge is 2.04. The molecule has 4 nitrogen and oxygen atoms in total. The monoisotopic (exact) mass is 331 g/mol. The van der Waals surface area contributed by atoms with E-state index in [1.54, 1.807) is 6.20 Å². The van der Waals surface area contributed by atoms with Crippen LogP contribution in [-0.4, -0.2) is 9.97 Å². The molecule has 3 rings (SSSR count). The minimum atomic E-state index is 0.690. The van der Waals surface area contributed by atoms with Crippen molar-refractivity contribution in [1.29, 1.82) is 0 Å². The molecule has 2 heterocycles. The fourth-order valence-corrected chi connectivity index (χ4v) is 2.24. The average molecular weight is 332 g/mol. The van der Waals surface area contributed by atoms with E-state index in [1.807, 2.05) is 38.1 Å². The number of benzene rings is 1. The molecule has 0 spiro atoms. The quantitative estimate of drug-likeness (QED) is 0.780. The van der Waals surface area contributed by atoms with Gasteiger partial charge >= 0.3 is 0 Å². The SMILES string of the molecule is Cc1nc2ccc(CNc3cc(C)c(Br)cn3)cc2o1. The molecule has 20 heavy (non-hydrogen) atoms. The number of hydrogen-bond donors (Lipinski definition) is 1. The number of nitrogens with zero attached hydrogens (tertiary/aromatic N) is 2. The third-order valence-electron chi connectivity index (χ3n) is 3.08. The summed E-state index contributed by atoms with van der Waals surface area (Å²) >= 11 is 3.45. The second kappa shape index (κ2) is 5.25. The molecule has 0 fully saturated rings. The number of pyridine rings is 1. The van der Waals surface area contributed by atoms with Crippen molar-refractivity contribution in [3.05, 3.63) is 52.0 Å². The minimum absolute atomic E-state index is 0.690. The zero-order chi connectivity index (χ0) is 14.1. The number of halogens is 1. The maximum atomic E-state index is 5.53. The molecular weight excluding hydrogens is 318 g/mol. The lowest BCUT2D eigenvalue weighted by molar-refractivity contribution is 0.561. The van der Waals surface area contributed by atoms with E-state index in [4.69, 9.17) is 4.42 Å². The molecule has 3 aromatic rings. The third-order valence-corrected chi connectivity index (χ3v) is 3.91. The Morgan fingerprint density at radius 3 is 2.90 bits per heavy atom. The molecule has 0 unspecified atom stereocenters. The number of anilines is 1. The first-order valence-corrected chi connectivity index (χ1v) is 7.13. The van der Waals surface area contributed by atoms with Crippen LogP contribution in [0.5, 0.6) is 0 Å². The first-order valence-electron chi connectivity index (χ1n) is 6.34. The van der Waals surface area contributed by atoms with Gasteiger partial charge in [-0.25, -0.2) is 9.97 Å². The smallest absolute Gasteiger partial charge is 0.192 e. The first kappa shape index (κ1) is 13.1. The van der Waals surface area contributed by atoms with Gasteiger partial charge in [0.05, 0.1) is 0 Å². The standard InChI is InChI=1S/C15H14BrN3O/c1-9-5-15(18-8-12(9)16)17-7-11-3-4-13-14(6-11)20-10(2)19-13/h3-6,8H,7H2,1-2H3,(H,17,18). The van der Waals surface area contributed by atoms with Gasteiger partial charge in [0.2, 0.25) is 0 Å². The number of aryl methyl sites for hydroxylation is 2. The second-order valence-corrected chi connectivity index (χ2v) is 5.56. The van der Waals surface area contributed by atoms with Crippen LogP contribution in [0.15, 0.2) is 39.4 Å². The zero-order valence-corrected chi connectivity index (χ0v) is 12.9. The van der Waals surface area contributed by atoms with E-state index >= 15 is 0 Å². The minimum Gasteiger partial charge on any atom is -0.441 e. The van der Waals surface area contributed by atoms with E-state index in [-0.39, 0.29) is 0 Å². The number of rotatable bonds is 3. The van der Waals surface area contributed by atoms with Crippen LogP contribution in [0.25, 0.3) is 11.1 Å². The molecule has 0 bridgehead atoms. The molecule has 2 aromatic heterocycles. The first-order chi connectivity index (χ1) is 9.61. The summed E-state index contributed by atoms with van der Waals surface area (Å²) < 4.78 is 6.55. The lowest BCUT2D eigenvalue weighted by atomic mass is 10.2. The number of fused-ring (bicyclic) bond motifs is 1. The Balaban J connectivity index is 1.77. The summed E-state index contributed by atoms with van der Waals surface area (Å²) in [5, 5.41) is 3.31. The van der Waals surface area contributed by atoms with Crippen molar-refractivity contribution in [2.75, 3.05) is 5.32 Å². The van der Waals surface area contributed by atoms with Crippen LogP contribution in [0.4, 0.5) is 5.82 Å². The lowest BCUT2D eigenvalue weighted by Crippen LogP contribution is -2.01. The van der Waals surface area contributed by atoms with Gasteiger partial charge in [0.15, 0.2) is 11.5 Å². The summed E-state index contributed by atoms with van der Waals surface area (Å²) in [6, 6.07) is 8.04. The largest absolute Gasteiger partial charge is 0.441 e. The van der Waals surface area contributed by atoms with Gasteiger partial charge in [-0.1, -0.05) is 6.07 Å². The number of nitrogens with one attached hydrogen (secondary N) is 1. The van der Waals surface area contributed by atoms with Gasteiger partial charge in [0, 0.05) is 24.1 Å². The lowest BCUT2D eigenvalue weighted by Gasteiger charge is -2.07. The Kier molecular flexibility index (Phi) is 3.44. The Bertz CT molecular complexity index is 767. The molecule has 0 aliphatic carbocycles. The molecule has 0 saturated carbocycles. The highest BCUT2D eigenvalue weighted by Crippen LogP contribution is 2.19. The van der Waals surface area contributed by atoms with Crippen molar-refractivity contribution >= 4 is 32.8 Å². The molecule has 102 valence electrons. The molecule has 0 atom stereocenters. The molecule has 1 aromatic carbocycles. The van der Waals surface area contributed by atoms with Gasteiger partial charge in [-0.2, -0.15) is 0 Å².